The molecule has 0 aliphatic heterocycles. The van der Waals surface area contributed by atoms with E-state index < -0.39 is 0 Å². The third-order valence-corrected chi connectivity index (χ3v) is 3.64. The molecule has 0 saturated carbocycles. The summed E-state index contributed by atoms with van der Waals surface area (Å²) in [5, 5.41) is 2.40. The largest absolute Gasteiger partial charge is 0.361 e. The van der Waals surface area contributed by atoms with E-state index in [9.17, 15) is 0 Å². The molecule has 0 unspecified atom stereocenters. The number of aromatic amines is 1. The number of para-hydroxylation sites is 1. The summed E-state index contributed by atoms with van der Waals surface area (Å²) >= 11 is 0. The lowest BCUT2D eigenvalue weighted by molar-refractivity contribution is 1.37. The topological polar surface area (TPSA) is 28.7 Å². The third kappa shape index (κ3) is 2.32. The lowest BCUT2D eigenvalue weighted by atomic mass is 10.1. The summed E-state index contributed by atoms with van der Waals surface area (Å²) in [4.78, 5) is 7.85. The van der Waals surface area contributed by atoms with Gasteiger partial charge in [0.1, 0.15) is 0 Å². The van der Waals surface area contributed by atoms with E-state index in [1.54, 1.807) is 0 Å². The number of hydrogen-bond acceptors (Lipinski definition) is 1. The van der Waals surface area contributed by atoms with Crippen molar-refractivity contribution in [1.82, 2.24) is 9.97 Å². The summed E-state index contributed by atoms with van der Waals surface area (Å²) in [7, 11) is 0. The Morgan fingerprint density at radius 3 is 2.76 bits per heavy atom. The first-order valence-electron chi connectivity index (χ1n) is 6.99. The van der Waals surface area contributed by atoms with Crippen molar-refractivity contribution in [3.63, 3.8) is 0 Å². The van der Waals surface area contributed by atoms with Gasteiger partial charge in [0.05, 0.1) is 11.2 Å². The van der Waals surface area contributed by atoms with E-state index in [1.165, 1.54) is 16.3 Å². The zero-order valence-electron chi connectivity index (χ0n) is 11.5. The molecule has 0 aliphatic carbocycles. The molecule has 2 heterocycles. The minimum atomic E-state index is 0.975. The van der Waals surface area contributed by atoms with E-state index in [0.717, 1.165) is 16.7 Å². The summed E-state index contributed by atoms with van der Waals surface area (Å²) < 4.78 is 0. The second-order valence-electron chi connectivity index (χ2n) is 5.09. The molecule has 0 fully saturated rings. The fourth-order valence-electron chi connectivity index (χ4n) is 2.53. The molecule has 1 N–H and O–H groups in total. The van der Waals surface area contributed by atoms with Crippen LogP contribution in [0.4, 0.5) is 0 Å². The summed E-state index contributed by atoms with van der Waals surface area (Å²) in [6, 6.07) is 20.8. The monoisotopic (exact) mass is 270 g/mol. The smallest absolute Gasteiger partial charge is 0.0709 e. The molecule has 0 aliphatic rings. The van der Waals surface area contributed by atoms with Gasteiger partial charge in [0.15, 0.2) is 0 Å². The minimum Gasteiger partial charge on any atom is -0.361 e. The number of nitrogens with one attached hydrogen (secondary N) is 1. The van der Waals surface area contributed by atoms with Crippen molar-refractivity contribution in [2.24, 2.45) is 0 Å². The van der Waals surface area contributed by atoms with E-state index in [2.05, 4.69) is 58.5 Å². The third-order valence-electron chi connectivity index (χ3n) is 3.64. The number of fused-ring (bicyclic) bond motifs is 2. The number of hydrogen-bond donors (Lipinski definition) is 1. The van der Waals surface area contributed by atoms with Gasteiger partial charge < -0.3 is 4.98 Å². The Morgan fingerprint density at radius 2 is 1.76 bits per heavy atom. The summed E-state index contributed by atoms with van der Waals surface area (Å²) in [6.45, 7) is 0. The molecule has 0 spiro atoms. The molecule has 2 aromatic heterocycles. The van der Waals surface area contributed by atoms with Gasteiger partial charge in [0.25, 0.3) is 0 Å². The van der Waals surface area contributed by atoms with E-state index in [4.69, 9.17) is 0 Å². The fraction of sp³-hybridized carbons (Fsp3) is 0. The molecule has 0 atom stereocenters. The van der Waals surface area contributed by atoms with Crippen LogP contribution in [-0.2, 0) is 0 Å². The van der Waals surface area contributed by atoms with Crippen molar-refractivity contribution >= 4 is 34.0 Å². The van der Waals surface area contributed by atoms with Crippen LogP contribution in [0.1, 0.15) is 11.3 Å². The number of rotatable bonds is 2. The maximum Gasteiger partial charge on any atom is 0.0709 e. The Balaban J connectivity index is 1.69. The summed E-state index contributed by atoms with van der Waals surface area (Å²) in [5.74, 6) is 0. The van der Waals surface area contributed by atoms with Gasteiger partial charge in [-0.3, -0.25) is 0 Å². The molecule has 0 bridgehead atoms. The van der Waals surface area contributed by atoms with Gasteiger partial charge in [0, 0.05) is 17.1 Å². The lowest BCUT2D eigenvalue weighted by Crippen LogP contribution is -1.82. The van der Waals surface area contributed by atoms with Gasteiger partial charge in [-0.15, -0.1) is 0 Å². The van der Waals surface area contributed by atoms with Gasteiger partial charge in [0.2, 0.25) is 0 Å². The molecule has 2 nitrogen and oxygen atoms in total. The summed E-state index contributed by atoms with van der Waals surface area (Å²) in [5.41, 5.74) is 4.34. The zero-order valence-corrected chi connectivity index (χ0v) is 11.5. The van der Waals surface area contributed by atoms with Crippen LogP contribution in [0, 0.1) is 0 Å². The Hall–Kier alpha value is -2.87. The number of nitrogens with zero attached hydrogens (tertiary/aromatic N) is 1. The number of benzene rings is 2. The Bertz CT molecular complexity index is 948. The molecule has 4 aromatic rings. The minimum absolute atomic E-state index is 0.975. The molecular formula is C19H14N2. The molecule has 4 rings (SSSR count). The SMILES string of the molecule is C(=C\c1ccc2ccccc2n1)/c1ccc2[nH]ccc2c1. The first-order valence-corrected chi connectivity index (χ1v) is 6.99. The van der Waals surface area contributed by atoms with Gasteiger partial charge in [-0.25, -0.2) is 4.98 Å². The Morgan fingerprint density at radius 1 is 0.810 bits per heavy atom. The fourth-order valence-corrected chi connectivity index (χ4v) is 2.53. The average Bonchev–Trinajstić information content (AvgIpc) is 3.00. The van der Waals surface area contributed by atoms with Crippen LogP contribution in [0.25, 0.3) is 34.0 Å². The van der Waals surface area contributed by atoms with Crippen molar-refractivity contribution in [2.75, 3.05) is 0 Å². The Labute approximate surface area is 122 Å². The van der Waals surface area contributed by atoms with Crippen LogP contribution in [0.15, 0.2) is 66.9 Å². The van der Waals surface area contributed by atoms with E-state index >= 15 is 0 Å². The van der Waals surface area contributed by atoms with Gasteiger partial charge >= 0.3 is 0 Å². The van der Waals surface area contributed by atoms with Crippen LogP contribution >= 0.6 is 0 Å². The molecule has 0 saturated heterocycles. The van der Waals surface area contributed by atoms with Crippen molar-refractivity contribution in [2.45, 2.75) is 0 Å². The van der Waals surface area contributed by atoms with Crippen LogP contribution in [0.5, 0.6) is 0 Å². The van der Waals surface area contributed by atoms with Crippen molar-refractivity contribution in [3.05, 3.63) is 78.1 Å². The van der Waals surface area contributed by atoms with Crippen molar-refractivity contribution < 1.29 is 0 Å². The lowest BCUT2D eigenvalue weighted by Gasteiger charge is -1.99. The van der Waals surface area contributed by atoms with Gasteiger partial charge in [-0.1, -0.05) is 36.4 Å². The van der Waals surface area contributed by atoms with Crippen LogP contribution in [0.2, 0.25) is 0 Å². The second kappa shape index (κ2) is 4.91. The first-order chi connectivity index (χ1) is 10.4. The molecule has 100 valence electrons. The molecule has 0 radical (unpaired) electrons. The van der Waals surface area contributed by atoms with E-state index in [-0.39, 0.29) is 0 Å². The molecule has 2 heteroatoms. The predicted octanol–water partition coefficient (Wildman–Crippen LogP) is 4.89. The van der Waals surface area contributed by atoms with E-state index in [1.807, 2.05) is 30.5 Å². The molecular weight excluding hydrogens is 256 g/mol. The normalized spacial score (nSPS) is 11.6. The highest BCUT2D eigenvalue weighted by molar-refractivity contribution is 5.84. The Kier molecular flexibility index (Phi) is 2.79. The van der Waals surface area contributed by atoms with Crippen LogP contribution < -0.4 is 0 Å². The highest BCUT2D eigenvalue weighted by Gasteiger charge is 1.96. The second-order valence-corrected chi connectivity index (χ2v) is 5.09. The van der Waals surface area contributed by atoms with Gasteiger partial charge in [-0.05, 0) is 47.4 Å². The number of pyridine rings is 1. The van der Waals surface area contributed by atoms with Crippen molar-refractivity contribution in [3.8, 4) is 0 Å². The zero-order chi connectivity index (χ0) is 14.1. The molecule has 0 amide bonds. The number of H-pyrrole nitrogens is 1. The quantitative estimate of drug-likeness (QED) is 0.552. The summed E-state index contributed by atoms with van der Waals surface area (Å²) in [6.07, 6.45) is 6.12. The maximum absolute atomic E-state index is 4.65. The first kappa shape index (κ1) is 11.9. The van der Waals surface area contributed by atoms with Gasteiger partial charge in [-0.2, -0.15) is 0 Å². The standard InChI is InChI=1S/C19H14N2/c1-2-4-19-15(3-1)7-9-17(21-19)8-5-14-6-10-18-16(13-14)11-12-20-18/h1-13,20H/b8-5+. The maximum atomic E-state index is 4.65. The van der Waals surface area contributed by atoms with Crippen LogP contribution in [-0.4, -0.2) is 9.97 Å². The molecule has 21 heavy (non-hydrogen) atoms. The van der Waals surface area contributed by atoms with Crippen LogP contribution in [0.3, 0.4) is 0 Å². The highest BCUT2D eigenvalue weighted by atomic mass is 14.7. The molecule has 2 aromatic carbocycles. The predicted molar refractivity (Wildman–Crippen MR) is 89.0 cm³/mol. The average molecular weight is 270 g/mol. The number of aromatic nitrogens is 2. The van der Waals surface area contributed by atoms with Crippen molar-refractivity contribution in [1.29, 1.82) is 0 Å². The highest BCUT2D eigenvalue weighted by Crippen LogP contribution is 2.17. The van der Waals surface area contributed by atoms with E-state index in [0.29, 0.717) is 0 Å².